The number of methoxy groups -OCH3 is 1. The van der Waals surface area contributed by atoms with Crippen molar-refractivity contribution in [3.05, 3.63) is 67.8 Å². The topological polar surface area (TPSA) is 165 Å². The maximum absolute atomic E-state index is 12.8. The average Bonchev–Trinajstić information content (AvgIpc) is 2.77. The summed E-state index contributed by atoms with van der Waals surface area (Å²) in [5.74, 6) is -2.42. The molecule has 1 atom stereocenters. The van der Waals surface area contributed by atoms with Gasteiger partial charge in [0.2, 0.25) is 0 Å². The minimum atomic E-state index is -0.959. The van der Waals surface area contributed by atoms with Crippen molar-refractivity contribution in [2.24, 2.45) is 0 Å². The number of nitro benzene ring substituents is 2. The van der Waals surface area contributed by atoms with E-state index in [4.69, 9.17) is 14.2 Å². The van der Waals surface area contributed by atoms with E-state index in [-0.39, 0.29) is 35.3 Å². The monoisotopic (exact) mass is 460 g/mol. The van der Waals surface area contributed by atoms with Crippen LogP contribution >= 0.6 is 0 Å². The predicted octanol–water partition coefficient (Wildman–Crippen LogP) is 3.46. The molecule has 2 aromatic rings. The number of esters is 3. The lowest BCUT2D eigenvalue weighted by Gasteiger charge is -2.16. The number of ether oxygens (including phenoxy) is 3. The van der Waals surface area contributed by atoms with Crippen LogP contribution < -0.4 is 0 Å². The van der Waals surface area contributed by atoms with Crippen LogP contribution in [0.3, 0.4) is 0 Å². The summed E-state index contributed by atoms with van der Waals surface area (Å²) in [6.45, 7) is 3.22. The maximum atomic E-state index is 12.8. The molecule has 0 N–H and O–H groups in total. The van der Waals surface area contributed by atoms with Crippen molar-refractivity contribution < 1.29 is 38.4 Å². The van der Waals surface area contributed by atoms with Crippen LogP contribution in [0, 0.1) is 20.2 Å². The van der Waals surface area contributed by atoms with Crippen molar-refractivity contribution in [1.82, 2.24) is 0 Å². The normalized spacial score (nSPS) is 11.2. The van der Waals surface area contributed by atoms with Gasteiger partial charge in [0, 0.05) is 35.4 Å². The average molecular weight is 460 g/mol. The molecule has 33 heavy (non-hydrogen) atoms. The highest BCUT2D eigenvalue weighted by molar-refractivity contribution is 6.04. The molecule has 0 aliphatic heterocycles. The van der Waals surface area contributed by atoms with Gasteiger partial charge in [-0.05, 0) is 26.0 Å². The number of nitro groups is 2. The van der Waals surface area contributed by atoms with E-state index in [1.165, 1.54) is 6.92 Å². The number of hydrogen-bond acceptors (Lipinski definition) is 10. The van der Waals surface area contributed by atoms with Gasteiger partial charge < -0.3 is 14.2 Å². The fourth-order valence-corrected chi connectivity index (χ4v) is 2.95. The molecule has 0 fully saturated rings. The highest BCUT2D eigenvalue weighted by atomic mass is 16.6. The van der Waals surface area contributed by atoms with E-state index in [0.717, 1.165) is 43.5 Å². The highest BCUT2D eigenvalue weighted by Gasteiger charge is 2.26. The lowest BCUT2D eigenvalue weighted by molar-refractivity contribution is -0.385. The fourth-order valence-electron chi connectivity index (χ4n) is 2.95. The Morgan fingerprint density at radius 3 is 1.82 bits per heavy atom. The Bertz CT molecular complexity index is 1110. The smallest absolute Gasteiger partial charge is 0.339 e. The van der Waals surface area contributed by atoms with Crippen molar-refractivity contribution in [2.45, 2.75) is 26.4 Å². The van der Waals surface area contributed by atoms with Gasteiger partial charge in [0.15, 0.2) is 0 Å². The van der Waals surface area contributed by atoms with E-state index in [0.29, 0.717) is 0 Å². The summed E-state index contributed by atoms with van der Waals surface area (Å²) in [4.78, 5) is 57.9. The Labute approximate surface area is 187 Å². The van der Waals surface area contributed by atoms with E-state index in [1.54, 1.807) is 6.92 Å². The Morgan fingerprint density at radius 1 is 0.909 bits per heavy atom. The number of rotatable bonds is 9. The lowest BCUT2D eigenvalue weighted by Crippen LogP contribution is -2.20. The third-order valence-electron chi connectivity index (χ3n) is 4.41. The van der Waals surface area contributed by atoms with Crippen LogP contribution in [-0.2, 0) is 19.0 Å². The predicted molar refractivity (Wildman–Crippen MR) is 113 cm³/mol. The maximum Gasteiger partial charge on any atom is 0.339 e. The molecule has 0 spiro atoms. The minimum absolute atomic E-state index is 0.134. The molecule has 0 bridgehead atoms. The second-order valence-corrected chi connectivity index (χ2v) is 6.69. The van der Waals surface area contributed by atoms with Crippen LogP contribution in [0.4, 0.5) is 11.4 Å². The van der Waals surface area contributed by atoms with Crippen LogP contribution in [0.25, 0.3) is 11.1 Å². The zero-order valence-electron chi connectivity index (χ0n) is 17.9. The van der Waals surface area contributed by atoms with Gasteiger partial charge in [-0.1, -0.05) is 0 Å². The summed E-state index contributed by atoms with van der Waals surface area (Å²) in [6, 6.07) is 6.34. The minimum Gasteiger partial charge on any atom is -0.466 e. The first kappa shape index (κ1) is 24.9. The lowest BCUT2D eigenvalue weighted by atomic mass is 9.94. The number of carbonyl (C=O) groups is 3. The molecule has 0 amide bonds. The number of non-ortho nitro benzene ring substituents is 2. The molecule has 174 valence electrons. The number of carbonyl (C=O) groups excluding carboxylic acids is 3. The van der Waals surface area contributed by atoms with Crippen molar-refractivity contribution in [2.75, 3.05) is 13.7 Å². The van der Waals surface area contributed by atoms with Crippen LogP contribution in [0.1, 0.15) is 41.0 Å². The Hall–Kier alpha value is -4.35. The molecule has 0 heterocycles. The SMILES string of the molecule is CCOC(=O)C[C@@H](C)OC(=O)c1ccc([N+](=O)[O-])cc1-c1cc([N+](=O)[O-])ccc1C(=O)OC. The van der Waals surface area contributed by atoms with Gasteiger partial charge in [-0.25, -0.2) is 9.59 Å². The van der Waals surface area contributed by atoms with Gasteiger partial charge >= 0.3 is 17.9 Å². The quantitative estimate of drug-likeness (QED) is 0.234. The van der Waals surface area contributed by atoms with E-state index < -0.39 is 45.2 Å². The van der Waals surface area contributed by atoms with Crippen LogP contribution in [0.5, 0.6) is 0 Å². The zero-order valence-corrected chi connectivity index (χ0v) is 17.9. The van der Waals surface area contributed by atoms with E-state index in [9.17, 15) is 34.6 Å². The van der Waals surface area contributed by atoms with Crippen molar-refractivity contribution >= 4 is 29.3 Å². The van der Waals surface area contributed by atoms with Crippen molar-refractivity contribution in [3.63, 3.8) is 0 Å². The second-order valence-electron chi connectivity index (χ2n) is 6.69. The fraction of sp³-hybridized carbons (Fsp3) is 0.286. The summed E-state index contributed by atoms with van der Waals surface area (Å²) in [7, 11) is 1.09. The van der Waals surface area contributed by atoms with Crippen LogP contribution in [0.2, 0.25) is 0 Å². The third kappa shape index (κ3) is 6.09. The van der Waals surface area contributed by atoms with E-state index in [2.05, 4.69) is 0 Å². The molecule has 0 saturated carbocycles. The summed E-state index contributed by atoms with van der Waals surface area (Å²) < 4.78 is 14.8. The summed E-state index contributed by atoms with van der Waals surface area (Å²) in [5, 5.41) is 22.6. The molecule has 0 unspecified atom stereocenters. The number of hydrogen-bond donors (Lipinski definition) is 0. The van der Waals surface area contributed by atoms with Gasteiger partial charge in [-0.3, -0.25) is 25.0 Å². The Kier molecular flexibility index (Phi) is 8.15. The third-order valence-corrected chi connectivity index (χ3v) is 4.41. The largest absolute Gasteiger partial charge is 0.466 e. The summed E-state index contributed by atoms with van der Waals surface area (Å²) in [6.07, 6.45) is -1.13. The molecule has 2 aromatic carbocycles. The van der Waals surface area contributed by atoms with E-state index in [1.807, 2.05) is 0 Å². The van der Waals surface area contributed by atoms with Crippen molar-refractivity contribution in [1.29, 1.82) is 0 Å². The molecular formula is C21H20N2O10. The van der Waals surface area contributed by atoms with Gasteiger partial charge in [0.05, 0.1) is 41.1 Å². The van der Waals surface area contributed by atoms with Crippen molar-refractivity contribution in [3.8, 4) is 11.1 Å². The standard InChI is InChI=1S/C21H20N2O10/c1-4-32-19(24)9-12(2)33-21(26)16-8-6-14(23(29)30)11-18(16)17-10-13(22(27)28)5-7-15(17)20(25)31-3/h5-8,10-12H,4,9H2,1-3H3/t12-/m1/s1. The molecular weight excluding hydrogens is 440 g/mol. The van der Waals surface area contributed by atoms with E-state index >= 15 is 0 Å². The Balaban J connectivity index is 2.62. The molecule has 12 heteroatoms. The summed E-state index contributed by atoms with van der Waals surface area (Å²) in [5.41, 5.74) is -1.49. The first-order chi connectivity index (χ1) is 15.6. The molecule has 0 saturated heterocycles. The van der Waals surface area contributed by atoms with Gasteiger partial charge in [-0.2, -0.15) is 0 Å². The number of nitrogens with zero attached hydrogens (tertiary/aromatic N) is 2. The molecule has 0 aliphatic carbocycles. The van der Waals surface area contributed by atoms with Crippen LogP contribution in [-0.4, -0.2) is 47.6 Å². The first-order valence-corrected chi connectivity index (χ1v) is 9.61. The van der Waals surface area contributed by atoms with Gasteiger partial charge in [0.25, 0.3) is 11.4 Å². The zero-order chi connectivity index (χ0) is 24.7. The summed E-state index contributed by atoms with van der Waals surface area (Å²) >= 11 is 0. The van der Waals surface area contributed by atoms with Gasteiger partial charge in [-0.15, -0.1) is 0 Å². The molecule has 2 rings (SSSR count). The van der Waals surface area contributed by atoms with Crippen LogP contribution in [0.15, 0.2) is 36.4 Å². The second kappa shape index (κ2) is 10.8. The molecule has 0 aliphatic rings. The highest BCUT2D eigenvalue weighted by Crippen LogP contribution is 2.34. The van der Waals surface area contributed by atoms with Gasteiger partial charge in [0.1, 0.15) is 6.10 Å². The number of benzene rings is 2. The molecule has 0 aromatic heterocycles. The Morgan fingerprint density at radius 2 is 1.39 bits per heavy atom. The molecule has 12 nitrogen and oxygen atoms in total. The molecule has 0 radical (unpaired) electrons. The first-order valence-electron chi connectivity index (χ1n) is 9.61.